The Labute approximate surface area is 92.4 Å². The molecule has 74 valence electrons. The summed E-state index contributed by atoms with van der Waals surface area (Å²) in [5.74, 6) is 0. The quantitative estimate of drug-likeness (QED) is 0.838. The van der Waals surface area contributed by atoms with Crippen LogP contribution in [-0.4, -0.2) is 7.05 Å². The van der Waals surface area contributed by atoms with Crippen molar-refractivity contribution in [2.45, 2.75) is 12.5 Å². The molecule has 0 bridgehead atoms. The van der Waals surface area contributed by atoms with Gasteiger partial charge >= 0.3 is 0 Å². The van der Waals surface area contributed by atoms with E-state index in [0.717, 1.165) is 6.42 Å². The van der Waals surface area contributed by atoms with Crippen LogP contribution in [0.4, 0.5) is 0 Å². The van der Waals surface area contributed by atoms with Crippen LogP contribution in [0, 0.1) is 0 Å². The average Bonchev–Trinajstić information content (AvgIpc) is 2.86. The van der Waals surface area contributed by atoms with Gasteiger partial charge in [-0.05, 0) is 29.9 Å². The van der Waals surface area contributed by atoms with Crippen LogP contribution in [0.5, 0.6) is 0 Å². The number of rotatable bonds is 4. The Hall–Kier alpha value is -0.640. The van der Waals surface area contributed by atoms with E-state index in [0.29, 0.717) is 6.04 Å². The van der Waals surface area contributed by atoms with E-state index < -0.39 is 0 Å². The Morgan fingerprint density at radius 2 is 2.00 bits per heavy atom. The van der Waals surface area contributed by atoms with Crippen molar-refractivity contribution in [1.82, 2.24) is 5.32 Å². The SMILES string of the molecule is CNC(Cc1cccs1)c1cccs1. The third-order valence-electron chi connectivity index (χ3n) is 2.22. The fourth-order valence-electron chi connectivity index (χ4n) is 1.46. The molecule has 0 saturated carbocycles. The molecule has 0 radical (unpaired) electrons. The van der Waals surface area contributed by atoms with Crippen LogP contribution in [-0.2, 0) is 6.42 Å². The van der Waals surface area contributed by atoms with E-state index in [2.05, 4.69) is 40.3 Å². The maximum atomic E-state index is 3.36. The molecule has 2 rings (SSSR count). The molecule has 2 aromatic rings. The minimum Gasteiger partial charge on any atom is -0.312 e. The average molecular weight is 223 g/mol. The first kappa shape index (κ1) is 9.90. The lowest BCUT2D eigenvalue weighted by Crippen LogP contribution is -2.17. The van der Waals surface area contributed by atoms with Gasteiger partial charge in [-0.3, -0.25) is 0 Å². The summed E-state index contributed by atoms with van der Waals surface area (Å²) in [6, 6.07) is 9.08. The second-order valence-corrected chi connectivity index (χ2v) is 5.15. The zero-order valence-electron chi connectivity index (χ0n) is 8.07. The van der Waals surface area contributed by atoms with Crippen molar-refractivity contribution in [1.29, 1.82) is 0 Å². The Balaban J connectivity index is 2.08. The van der Waals surface area contributed by atoms with Gasteiger partial charge < -0.3 is 5.32 Å². The van der Waals surface area contributed by atoms with Crippen LogP contribution in [0.3, 0.4) is 0 Å². The largest absolute Gasteiger partial charge is 0.312 e. The summed E-state index contributed by atoms with van der Waals surface area (Å²) in [7, 11) is 2.03. The molecule has 3 heteroatoms. The summed E-state index contributed by atoms with van der Waals surface area (Å²) in [5.41, 5.74) is 0. The molecule has 1 unspecified atom stereocenters. The highest BCUT2D eigenvalue weighted by Gasteiger charge is 2.10. The molecule has 0 fully saturated rings. The second-order valence-electron chi connectivity index (χ2n) is 3.14. The van der Waals surface area contributed by atoms with E-state index in [9.17, 15) is 0 Å². The highest BCUT2D eigenvalue weighted by Crippen LogP contribution is 2.24. The van der Waals surface area contributed by atoms with Crippen molar-refractivity contribution in [3.05, 3.63) is 44.8 Å². The lowest BCUT2D eigenvalue weighted by atomic mass is 10.1. The normalized spacial score (nSPS) is 12.9. The molecule has 0 aliphatic carbocycles. The highest BCUT2D eigenvalue weighted by molar-refractivity contribution is 7.10. The van der Waals surface area contributed by atoms with E-state index >= 15 is 0 Å². The summed E-state index contributed by atoms with van der Waals surface area (Å²) in [4.78, 5) is 2.86. The Morgan fingerprint density at radius 1 is 1.21 bits per heavy atom. The van der Waals surface area contributed by atoms with Gasteiger partial charge in [0.1, 0.15) is 0 Å². The van der Waals surface area contributed by atoms with E-state index in [1.807, 2.05) is 29.7 Å². The fraction of sp³-hybridized carbons (Fsp3) is 0.273. The number of nitrogens with one attached hydrogen (secondary N) is 1. The zero-order valence-corrected chi connectivity index (χ0v) is 9.70. The number of hydrogen-bond acceptors (Lipinski definition) is 3. The van der Waals surface area contributed by atoms with Gasteiger partial charge in [0.25, 0.3) is 0 Å². The highest BCUT2D eigenvalue weighted by atomic mass is 32.1. The van der Waals surface area contributed by atoms with Crippen LogP contribution in [0.2, 0.25) is 0 Å². The molecular weight excluding hydrogens is 210 g/mol. The van der Waals surface area contributed by atoms with Gasteiger partial charge in [-0.1, -0.05) is 12.1 Å². The van der Waals surface area contributed by atoms with Crippen LogP contribution in [0.15, 0.2) is 35.0 Å². The number of likely N-dealkylation sites (N-methyl/N-ethyl adjacent to an activating group) is 1. The Bertz CT molecular complexity index is 351. The molecule has 0 saturated heterocycles. The standard InChI is InChI=1S/C11H13NS2/c1-12-10(11-5-3-7-14-11)8-9-4-2-6-13-9/h2-7,10,12H,8H2,1H3. The first-order valence-corrected chi connectivity index (χ1v) is 6.39. The van der Waals surface area contributed by atoms with Crippen LogP contribution < -0.4 is 5.32 Å². The van der Waals surface area contributed by atoms with Gasteiger partial charge in [0.2, 0.25) is 0 Å². The van der Waals surface area contributed by atoms with Crippen molar-refractivity contribution in [3.8, 4) is 0 Å². The summed E-state index contributed by atoms with van der Waals surface area (Å²) >= 11 is 3.65. The van der Waals surface area contributed by atoms with Gasteiger partial charge in [0, 0.05) is 22.2 Å². The van der Waals surface area contributed by atoms with Gasteiger partial charge in [-0.15, -0.1) is 22.7 Å². The van der Waals surface area contributed by atoms with Crippen molar-refractivity contribution >= 4 is 22.7 Å². The molecule has 0 aliphatic heterocycles. The third kappa shape index (κ3) is 2.23. The second kappa shape index (κ2) is 4.73. The molecule has 0 spiro atoms. The van der Waals surface area contributed by atoms with Gasteiger partial charge in [-0.2, -0.15) is 0 Å². The molecule has 14 heavy (non-hydrogen) atoms. The molecule has 0 aliphatic rings. The van der Waals surface area contributed by atoms with Crippen molar-refractivity contribution in [3.63, 3.8) is 0 Å². The Kier molecular flexibility index (Phi) is 3.35. The smallest absolute Gasteiger partial charge is 0.0461 e. The summed E-state index contributed by atoms with van der Waals surface area (Å²) in [6.45, 7) is 0. The molecule has 0 aromatic carbocycles. The van der Waals surface area contributed by atoms with E-state index in [-0.39, 0.29) is 0 Å². The van der Waals surface area contributed by atoms with Gasteiger partial charge in [0.05, 0.1) is 0 Å². The van der Waals surface area contributed by atoms with Crippen molar-refractivity contribution in [2.24, 2.45) is 0 Å². The molecule has 0 amide bonds. The number of thiophene rings is 2. The monoisotopic (exact) mass is 223 g/mol. The van der Waals surface area contributed by atoms with Gasteiger partial charge in [-0.25, -0.2) is 0 Å². The van der Waals surface area contributed by atoms with E-state index in [1.54, 1.807) is 0 Å². The van der Waals surface area contributed by atoms with Crippen LogP contribution in [0.1, 0.15) is 15.8 Å². The first-order chi connectivity index (χ1) is 6.90. The minimum absolute atomic E-state index is 0.466. The zero-order chi connectivity index (χ0) is 9.80. The Morgan fingerprint density at radius 3 is 2.57 bits per heavy atom. The van der Waals surface area contributed by atoms with Crippen molar-refractivity contribution in [2.75, 3.05) is 7.05 Å². The van der Waals surface area contributed by atoms with Crippen LogP contribution in [0.25, 0.3) is 0 Å². The van der Waals surface area contributed by atoms with E-state index in [4.69, 9.17) is 0 Å². The molecular formula is C11H13NS2. The maximum absolute atomic E-state index is 3.36. The minimum atomic E-state index is 0.466. The lowest BCUT2D eigenvalue weighted by molar-refractivity contribution is 0.607. The molecule has 1 N–H and O–H groups in total. The van der Waals surface area contributed by atoms with Gasteiger partial charge in [0.15, 0.2) is 0 Å². The molecule has 2 heterocycles. The maximum Gasteiger partial charge on any atom is 0.0461 e. The third-order valence-corrected chi connectivity index (χ3v) is 4.11. The van der Waals surface area contributed by atoms with Crippen molar-refractivity contribution < 1.29 is 0 Å². The molecule has 1 atom stereocenters. The molecule has 2 aromatic heterocycles. The first-order valence-electron chi connectivity index (χ1n) is 4.63. The predicted molar refractivity (Wildman–Crippen MR) is 64.1 cm³/mol. The topological polar surface area (TPSA) is 12.0 Å². The summed E-state index contributed by atoms with van der Waals surface area (Å²) < 4.78 is 0. The van der Waals surface area contributed by atoms with Crippen LogP contribution >= 0.6 is 22.7 Å². The predicted octanol–water partition coefficient (Wildman–Crippen LogP) is 3.31. The lowest BCUT2D eigenvalue weighted by Gasteiger charge is -2.12. The number of hydrogen-bond donors (Lipinski definition) is 1. The van der Waals surface area contributed by atoms with E-state index in [1.165, 1.54) is 9.75 Å². The fourth-order valence-corrected chi connectivity index (χ4v) is 3.05. The molecule has 1 nitrogen and oxygen atoms in total. The summed E-state index contributed by atoms with van der Waals surface area (Å²) in [5, 5.41) is 7.63. The summed E-state index contributed by atoms with van der Waals surface area (Å²) in [6.07, 6.45) is 1.09.